The van der Waals surface area contributed by atoms with E-state index in [4.69, 9.17) is 4.74 Å². The number of methoxy groups -OCH3 is 1. The Morgan fingerprint density at radius 2 is 2.33 bits per heavy atom. The fraction of sp³-hybridized carbons (Fsp3) is 0.167. The lowest BCUT2D eigenvalue weighted by atomic mass is 10.1. The molecule has 1 atom stereocenters. The molecule has 0 saturated carbocycles. The van der Waals surface area contributed by atoms with Crippen molar-refractivity contribution in [1.82, 2.24) is 0 Å². The van der Waals surface area contributed by atoms with Gasteiger partial charge in [0.25, 0.3) is 5.91 Å². The molecule has 5 nitrogen and oxygen atoms in total. The van der Waals surface area contributed by atoms with Crippen LogP contribution in [-0.4, -0.2) is 25.1 Å². The molecule has 1 unspecified atom stereocenters. The van der Waals surface area contributed by atoms with Gasteiger partial charge in [0.2, 0.25) is 0 Å². The minimum absolute atomic E-state index is 0.311. The van der Waals surface area contributed by atoms with Crippen LogP contribution in [0.15, 0.2) is 24.8 Å². The number of anilines is 1. The van der Waals surface area contributed by atoms with Gasteiger partial charge in [-0.1, -0.05) is 6.58 Å². The number of ether oxygens (including phenoxy) is 2. The van der Waals surface area contributed by atoms with Crippen LogP contribution in [0.1, 0.15) is 10.4 Å². The van der Waals surface area contributed by atoms with Crippen molar-refractivity contribution >= 4 is 40.2 Å². The van der Waals surface area contributed by atoms with Gasteiger partial charge in [-0.3, -0.25) is 4.79 Å². The van der Waals surface area contributed by atoms with Gasteiger partial charge in [-0.15, -0.1) is 0 Å². The Bertz CT molecular complexity index is 541. The van der Waals surface area contributed by atoms with Crippen LogP contribution in [-0.2, 0) is 9.53 Å². The van der Waals surface area contributed by atoms with Crippen LogP contribution in [0.25, 0.3) is 0 Å². The second kappa shape index (κ2) is 4.97. The van der Waals surface area contributed by atoms with Gasteiger partial charge in [0, 0.05) is 3.57 Å². The molecule has 1 aromatic rings. The lowest BCUT2D eigenvalue weighted by Crippen LogP contribution is -2.35. The van der Waals surface area contributed by atoms with E-state index in [0.717, 1.165) is 0 Å². The van der Waals surface area contributed by atoms with Gasteiger partial charge in [-0.05, 0) is 40.8 Å². The number of carbonyl (C=O) groups is 2. The molecule has 94 valence electrons. The van der Waals surface area contributed by atoms with E-state index >= 15 is 0 Å². The van der Waals surface area contributed by atoms with E-state index in [2.05, 4.69) is 16.6 Å². The summed E-state index contributed by atoms with van der Waals surface area (Å²) in [5, 5.41) is 2.66. The summed E-state index contributed by atoms with van der Waals surface area (Å²) in [4.78, 5) is 23.1. The van der Waals surface area contributed by atoms with Gasteiger partial charge >= 0.3 is 5.97 Å². The number of benzene rings is 1. The molecule has 1 aliphatic heterocycles. The van der Waals surface area contributed by atoms with Crippen molar-refractivity contribution in [1.29, 1.82) is 0 Å². The normalized spacial score (nSPS) is 17.2. The van der Waals surface area contributed by atoms with Gasteiger partial charge in [0.15, 0.2) is 6.10 Å². The predicted molar refractivity (Wildman–Crippen MR) is 73.7 cm³/mol. The van der Waals surface area contributed by atoms with Crippen molar-refractivity contribution < 1.29 is 19.1 Å². The zero-order valence-corrected chi connectivity index (χ0v) is 11.7. The van der Waals surface area contributed by atoms with Crippen LogP contribution in [0.2, 0.25) is 0 Å². The smallest absolute Gasteiger partial charge is 0.339 e. The summed E-state index contributed by atoms with van der Waals surface area (Å²) in [6.07, 6.45) is 0.705. The molecule has 0 spiro atoms. The number of amides is 1. The van der Waals surface area contributed by atoms with Crippen LogP contribution in [0.3, 0.4) is 0 Å². The number of esters is 1. The third-order valence-corrected chi connectivity index (χ3v) is 3.35. The Hall–Kier alpha value is -1.57. The minimum Gasteiger partial charge on any atom is -0.474 e. The number of hydrogen-bond donors (Lipinski definition) is 1. The quantitative estimate of drug-likeness (QED) is 0.498. The molecule has 0 aliphatic carbocycles. The average Bonchev–Trinajstić information content (AvgIpc) is 2.37. The highest BCUT2D eigenvalue weighted by molar-refractivity contribution is 14.1. The van der Waals surface area contributed by atoms with Crippen molar-refractivity contribution in [3.05, 3.63) is 33.9 Å². The lowest BCUT2D eigenvalue weighted by molar-refractivity contribution is -0.121. The third kappa shape index (κ3) is 2.20. The molecule has 0 bridgehead atoms. The predicted octanol–water partition coefficient (Wildman–Crippen LogP) is 1.96. The first-order valence-corrected chi connectivity index (χ1v) is 6.16. The Labute approximate surface area is 117 Å². The minimum atomic E-state index is -0.711. The zero-order chi connectivity index (χ0) is 13.3. The number of carbonyl (C=O) groups excluding carboxylic acids is 2. The SMILES string of the molecule is C=CC1Oc2cc(I)c(C(=O)OC)cc2NC1=O. The summed E-state index contributed by atoms with van der Waals surface area (Å²) in [6.45, 7) is 3.53. The molecule has 1 aromatic carbocycles. The molecule has 0 saturated heterocycles. The third-order valence-electron chi connectivity index (χ3n) is 2.46. The first-order chi connectivity index (χ1) is 8.56. The van der Waals surface area contributed by atoms with Gasteiger partial charge in [0.05, 0.1) is 18.4 Å². The fourth-order valence-corrected chi connectivity index (χ4v) is 2.22. The van der Waals surface area contributed by atoms with E-state index < -0.39 is 12.1 Å². The topological polar surface area (TPSA) is 64.6 Å². The van der Waals surface area contributed by atoms with Gasteiger partial charge < -0.3 is 14.8 Å². The van der Waals surface area contributed by atoms with Crippen LogP contribution in [0.4, 0.5) is 5.69 Å². The van der Waals surface area contributed by atoms with E-state index in [-0.39, 0.29) is 5.91 Å². The standard InChI is InChI=1S/C12H10INO4/c1-3-9-11(15)14-8-4-6(12(16)17-2)7(13)5-10(8)18-9/h3-5,9H,1H2,2H3,(H,14,15). The fourth-order valence-electron chi connectivity index (χ4n) is 1.57. The van der Waals surface area contributed by atoms with Gasteiger partial charge in [-0.25, -0.2) is 4.79 Å². The monoisotopic (exact) mass is 359 g/mol. The molecule has 2 rings (SSSR count). The first kappa shape index (κ1) is 12.9. The lowest BCUT2D eigenvalue weighted by Gasteiger charge is -2.24. The Morgan fingerprint density at radius 3 is 2.94 bits per heavy atom. The number of halogens is 1. The Balaban J connectivity index is 2.45. The summed E-state index contributed by atoms with van der Waals surface area (Å²) in [6, 6.07) is 3.22. The van der Waals surface area contributed by atoms with Crippen LogP contribution in [0.5, 0.6) is 5.75 Å². The maximum absolute atomic E-state index is 11.6. The number of rotatable bonds is 2. The molecule has 1 aliphatic rings. The summed E-state index contributed by atoms with van der Waals surface area (Å²) in [7, 11) is 1.31. The van der Waals surface area contributed by atoms with Crippen LogP contribution in [0, 0.1) is 3.57 Å². The Morgan fingerprint density at radius 1 is 1.61 bits per heavy atom. The van der Waals surface area contributed by atoms with E-state index in [1.165, 1.54) is 13.2 Å². The van der Waals surface area contributed by atoms with Crippen molar-refractivity contribution in [2.75, 3.05) is 12.4 Å². The molecule has 1 N–H and O–H groups in total. The number of hydrogen-bond acceptors (Lipinski definition) is 4. The van der Waals surface area contributed by atoms with Crippen LogP contribution < -0.4 is 10.1 Å². The molecule has 0 radical (unpaired) electrons. The zero-order valence-electron chi connectivity index (χ0n) is 9.53. The molecule has 1 amide bonds. The van der Waals surface area contributed by atoms with E-state index in [1.54, 1.807) is 12.1 Å². The average molecular weight is 359 g/mol. The van der Waals surface area contributed by atoms with Crippen molar-refractivity contribution in [2.45, 2.75) is 6.10 Å². The second-order valence-electron chi connectivity index (χ2n) is 3.58. The second-order valence-corrected chi connectivity index (χ2v) is 4.75. The molecular weight excluding hydrogens is 349 g/mol. The number of fused-ring (bicyclic) bond motifs is 1. The first-order valence-electron chi connectivity index (χ1n) is 5.08. The van der Waals surface area contributed by atoms with Crippen molar-refractivity contribution in [2.24, 2.45) is 0 Å². The highest BCUT2D eigenvalue weighted by atomic mass is 127. The molecule has 18 heavy (non-hydrogen) atoms. The summed E-state index contributed by atoms with van der Waals surface area (Å²) >= 11 is 2.01. The molecule has 0 aromatic heterocycles. The van der Waals surface area contributed by atoms with Gasteiger partial charge in [0.1, 0.15) is 5.75 Å². The molecular formula is C12H10INO4. The maximum atomic E-state index is 11.6. The maximum Gasteiger partial charge on any atom is 0.339 e. The summed E-state index contributed by atoms with van der Waals surface area (Å²) < 4.78 is 10.8. The van der Waals surface area contributed by atoms with Crippen LogP contribution >= 0.6 is 22.6 Å². The van der Waals surface area contributed by atoms with E-state index in [9.17, 15) is 9.59 Å². The van der Waals surface area contributed by atoms with E-state index in [1.807, 2.05) is 22.6 Å². The molecule has 0 fully saturated rings. The molecule has 6 heteroatoms. The van der Waals surface area contributed by atoms with Gasteiger partial charge in [-0.2, -0.15) is 0 Å². The summed E-state index contributed by atoms with van der Waals surface area (Å²) in [5.41, 5.74) is 0.844. The Kier molecular flexibility index (Phi) is 3.55. The highest BCUT2D eigenvalue weighted by Gasteiger charge is 2.27. The summed E-state index contributed by atoms with van der Waals surface area (Å²) in [5.74, 6) is -0.256. The molecule has 1 heterocycles. The largest absolute Gasteiger partial charge is 0.474 e. The van der Waals surface area contributed by atoms with Crippen molar-refractivity contribution in [3.63, 3.8) is 0 Å². The number of nitrogens with one attached hydrogen (secondary N) is 1. The van der Waals surface area contributed by atoms with Crippen molar-refractivity contribution in [3.8, 4) is 5.75 Å². The highest BCUT2D eigenvalue weighted by Crippen LogP contribution is 2.33. The van der Waals surface area contributed by atoms with E-state index in [0.29, 0.717) is 20.6 Å².